The van der Waals surface area contributed by atoms with Gasteiger partial charge in [-0.1, -0.05) is 5.16 Å². The Morgan fingerprint density at radius 2 is 2.00 bits per heavy atom. The van der Waals surface area contributed by atoms with Crippen molar-refractivity contribution in [2.45, 2.75) is 51.5 Å². The van der Waals surface area contributed by atoms with E-state index in [2.05, 4.69) is 31.4 Å². The van der Waals surface area contributed by atoms with Gasteiger partial charge in [0.15, 0.2) is 0 Å². The van der Waals surface area contributed by atoms with Crippen LogP contribution in [0.2, 0.25) is 0 Å². The molecule has 2 aliphatic rings. The summed E-state index contributed by atoms with van der Waals surface area (Å²) >= 11 is 0. The molecule has 6 nitrogen and oxygen atoms in total. The predicted octanol–water partition coefficient (Wildman–Crippen LogP) is 3.25. The van der Waals surface area contributed by atoms with Gasteiger partial charge in [0.2, 0.25) is 5.95 Å². The summed E-state index contributed by atoms with van der Waals surface area (Å²) < 4.78 is 5.39. The third-order valence-corrected chi connectivity index (χ3v) is 4.49. The Balaban J connectivity index is 1.43. The lowest BCUT2D eigenvalue weighted by atomic mass is 10.1. The van der Waals surface area contributed by atoms with Gasteiger partial charge in [-0.15, -0.1) is 0 Å². The normalized spacial score (nSPS) is 18.2. The van der Waals surface area contributed by atoms with Crippen LogP contribution >= 0.6 is 0 Å². The summed E-state index contributed by atoms with van der Waals surface area (Å²) in [5, 5.41) is 7.49. The van der Waals surface area contributed by atoms with Crippen LogP contribution < -0.4 is 10.2 Å². The molecular weight excluding hydrogens is 290 g/mol. The van der Waals surface area contributed by atoms with Crippen LogP contribution in [0.15, 0.2) is 16.7 Å². The molecule has 0 aromatic carbocycles. The van der Waals surface area contributed by atoms with E-state index in [1.54, 1.807) is 0 Å². The molecule has 122 valence electrons. The summed E-state index contributed by atoms with van der Waals surface area (Å²) in [7, 11) is 0. The standard InChI is InChI=1S/C17H23N5O/c1-12-9-16(20-17(19-12)22-7-3-2-4-8-22)18-11-14-10-15(23-21-14)13-5-6-13/h9-10,13H,2-8,11H2,1H3,(H,18,19,20). The highest BCUT2D eigenvalue weighted by Crippen LogP contribution is 2.40. The summed E-state index contributed by atoms with van der Waals surface area (Å²) in [6, 6.07) is 4.04. The number of anilines is 2. The van der Waals surface area contributed by atoms with Crippen LogP contribution in [0.1, 0.15) is 55.2 Å². The molecule has 0 amide bonds. The molecule has 0 radical (unpaired) electrons. The SMILES string of the molecule is Cc1cc(NCc2cc(C3CC3)on2)nc(N2CCCCC2)n1. The van der Waals surface area contributed by atoms with Crippen molar-refractivity contribution >= 4 is 11.8 Å². The Labute approximate surface area is 136 Å². The fourth-order valence-electron chi connectivity index (χ4n) is 3.03. The fourth-order valence-corrected chi connectivity index (χ4v) is 3.03. The number of hydrogen-bond donors (Lipinski definition) is 1. The molecule has 1 saturated heterocycles. The van der Waals surface area contributed by atoms with E-state index in [1.165, 1.54) is 32.1 Å². The fraction of sp³-hybridized carbons (Fsp3) is 0.588. The smallest absolute Gasteiger partial charge is 0.227 e. The highest BCUT2D eigenvalue weighted by molar-refractivity contribution is 5.44. The second-order valence-electron chi connectivity index (χ2n) is 6.59. The molecule has 2 fully saturated rings. The van der Waals surface area contributed by atoms with E-state index in [-0.39, 0.29) is 0 Å². The van der Waals surface area contributed by atoms with Gasteiger partial charge in [0, 0.05) is 36.8 Å². The van der Waals surface area contributed by atoms with E-state index in [0.29, 0.717) is 12.5 Å². The second kappa shape index (κ2) is 6.18. The maximum atomic E-state index is 5.39. The Morgan fingerprint density at radius 1 is 1.17 bits per heavy atom. The lowest BCUT2D eigenvalue weighted by Gasteiger charge is -2.27. The van der Waals surface area contributed by atoms with E-state index < -0.39 is 0 Å². The minimum Gasteiger partial charge on any atom is -0.364 e. The topological polar surface area (TPSA) is 67.1 Å². The van der Waals surface area contributed by atoms with Crippen molar-refractivity contribution < 1.29 is 4.52 Å². The van der Waals surface area contributed by atoms with Crippen molar-refractivity contribution in [2.75, 3.05) is 23.3 Å². The molecule has 3 heterocycles. The first-order chi connectivity index (χ1) is 11.3. The summed E-state index contributed by atoms with van der Waals surface area (Å²) in [4.78, 5) is 11.5. The molecule has 1 N–H and O–H groups in total. The van der Waals surface area contributed by atoms with Crippen LogP contribution in [0.3, 0.4) is 0 Å². The van der Waals surface area contributed by atoms with Crippen molar-refractivity contribution in [3.05, 3.63) is 29.3 Å². The van der Waals surface area contributed by atoms with Crippen molar-refractivity contribution in [1.82, 2.24) is 15.1 Å². The molecule has 1 aliphatic carbocycles. The monoisotopic (exact) mass is 313 g/mol. The Kier molecular flexibility index (Phi) is 3.89. The quantitative estimate of drug-likeness (QED) is 0.914. The van der Waals surface area contributed by atoms with Gasteiger partial charge in [-0.2, -0.15) is 4.98 Å². The van der Waals surface area contributed by atoms with Crippen LogP contribution in [0.25, 0.3) is 0 Å². The zero-order valence-electron chi connectivity index (χ0n) is 13.6. The molecule has 2 aromatic rings. The van der Waals surface area contributed by atoms with Gasteiger partial charge in [-0.3, -0.25) is 0 Å². The van der Waals surface area contributed by atoms with Gasteiger partial charge < -0.3 is 14.7 Å². The van der Waals surface area contributed by atoms with E-state index in [1.807, 2.05) is 13.0 Å². The third kappa shape index (κ3) is 3.46. The third-order valence-electron chi connectivity index (χ3n) is 4.49. The first kappa shape index (κ1) is 14.5. The summed E-state index contributed by atoms with van der Waals surface area (Å²) in [6.45, 7) is 4.75. The van der Waals surface area contributed by atoms with Crippen molar-refractivity contribution in [3.63, 3.8) is 0 Å². The highest BCUT2D eigenvalue weighted by atomic mass is 16.5. The van der Waals surface area contributed by atoms with Gasteiger partial charge in [0.25, 0.3) is 0 Å². The van der Waals surface area contributed by atoms with Crippen LogP contribution in [0, 0.1) is 6.92 Å². The van der Waals surface area contributed by atoms with E-state index in [0.717, 1.165) is 42.0 Å². The van der Waals surface area contributed by atoms with Crippen LogP contribution in [-0.2, 0) is 6.54 Å². The molecule has 1 saturated carbocycles. The van der Waals surface area contributed by atoms with Gasteiger partial charge >= 0.3 is 0 Å². The van der Waals surface area contributed by atoms with Gasteiger partial charge in [0.05, 0.1) is 6.54 Å². The molecule has 0 spiro atoms. The largest absolute Gasteiger partial charge is 0.364 e. The first-order valence-electron chi connectivity index (χ1n) is 8.58. The maximum absolute atomic E-state index is 5.39. The second-order valence-corrected chi connectivity index (χ2v) is 6.59. The number of nitrogens with zero attached hydrogens (tertiary/aromatic N) is 4. The molecular formula is C17H23N5O. The van der Waals surface area contributed by atoms with Gasteiger partial charge in [-0.25, -0.2) is 4.98 Å². The molecule has 6 heteroatoms. The van der Waals surface area contributed by atoms with E-state index in [4.69, 9.17) is 4.52 Å². The molecule has 23 heavy (non-hydrogen) atoms. The minimum atomic E-state index is 0.600. The van der Waals surface area contributed by atoms with Crippen LogP contribution in [0.5, 0.6) is 0 Å². The van der Waals surface area contributed by atoms with Crippen LogP contribution in [0.4, 0.5) is 11.8 Å². The van der Waals surface area contributed by atoms with Crippen molar-refractivity contribution in [3.8, 4) is 0 Å². The molecule has 1 aliphatic heterocycles. The molecule has 2 aromatic heterocycles. The summed E-state index contributed by atoms with van der Waals surface area (Å²) in [6.07, 6.45) is 6.22. The zero-order valence-corrected chi connectivity index (χ0v) is 13.6. The molecule has 0 unspecified atom stereocenters. The van der Waals surface area contributed by atoms with Crippen molar-refractivity contribution in [1.29, 1.82) is 0 Å². The average Bonchev–Trinajstić information content (AvgIpc) is 3.32. The Bertz CT molecular complexity index is 673. The predicted molar refractivity (Wildman–Crippen MR) is 88.6 cm³/mol. The molecule has 0 atom stereocenters. The van der Waals surface area contributed by atoms with Crippen LogP contribution in [-0.4, -0.2) is 28.2 Å². The summed E-state index contributed by atoms with van der Waals surface area (Å²) in [5.41, 5.74) is 1.92. The van der Waals surface area contributed by atoms with E-state index in [9.17, 15) is 0 Å². The lowest BCUT2D eigenvalue weighted by molar-refractivity contribution is 0.379. The summed E-state index contributed by atoms with van der Waals surface area (Å²) in [5.74, 6) is 3.32. The molecule has 0 bridgehead atoms. The number of aryl methyl sites for hydroxylation is 1. The zero-order chi connectivity index (χ0) is 15.6. The number of hydrogen-bond acceptors (Lipinski definition) is 6. The van der Waals surface area contributed by atoms with E-state index >= 15 is 0 Å². The number of aromatic nitrogens is 3. The Morgan fingerprint density at radius 3 is 2.78 bits per heavy atom. The number of piperidine rings is 1. The highest BCUT2D eigenvalue weighted by Gasteiger charge is 2.27. The average molecular weight is 313 g/mol. The van der Waals surface area contributed by atoms with Gasteiger partial charge in [0.1, 0.15) is 17.3 Å². The number of nitrogens with one attached hydrogen (secondary N) is 1. The maximum Gasteiger partial charge on any atom is 0.227 e. The lowest BCUT2D eigenvalue weighted by Crippen LogP contribution is -2.31. The minimum absolute atomic E-state index is 0.600. The Hall–Kier alpha value is -2.11. The molecule has 4 rings (SSSR count). The first-order valence-corrected chi connectivity index (χ1v) is 8.58. The number of rotatable bonds is 5. The van der Waals surface area contributed by atoms with Gasteiger partial charge in [-0.05, 0) is 39.0 Å². The van der Waals surface area contributed by atoms with Crippen molar-refractivity contribution in [2.24, 2.45) is 0 Å².